The van der Waals surface area contributed by atoms with Gasteiger partial charge < -0.3 is 16.2 Å². The number of rotatable bonds is 8. The van der Waals surface area contributed by atoms with Crippen LogP contribution in [-0.4, -0.2) is 30.1 Å². The van der Waals surface area contributed by atoms with E-state index in [1.807, 2.05) is 20.8 Å². The predicted octanol–water partition coefficient (Wildman–Crippen LogP) is 0.834. The Hall–Kier alpha value is -1.10. The summed E-state index contributed by atoms with van der Waals surface area (Å²) in [4.78, 5) is 22.4. The molecule has 17 heavy (non-hydrogen) atoms. The van der Waals surface area contributed by atoms with Gasteiger partial charge in [-0.15, -0.1) is 0 Å². The lowest BCUT2D eigenvalue weighted by molar-refractivity contribution is -0.138. The average molecular weight is 244 g/mol. The van der Waals surface area contributed by atoms with E-state index < -0.39 is 5.97 Å². The lowest BCUT2D eigenvalue weighted by atomic mass is 9.94. The number of carboxylic acids is 1. The van der Waals surface area contributed by atoms with Crippen LogP contribution in [0.3, 0.4) is 0 Å². The van der Waals surface area contributed by atoms with E-state index in [9.17, 15) is 9.59 Å². The van der Waals surface area contributed by atoms with Crippen LogP contribution in [0.4, 0.5) is 0 Å². The maximum absolute atomic E-state index is 11.8. The van der Waals surface area contributed by atoms with Gasteiger partial charge in [0.15, 0.2) is 0 Å². The molecule has 5 heteroatoms. The Morgan fingerprint density at radius 3 is 2.29 bits per heavy atom. The van der Waals surface area contributed by atoms with Crippen LogP contribution < -0.4 is 11.1 Å². The molecular formula is C12H24N2O3. The van der Waals surface area contributed by atoms with Crippen LogP contribution in [-0.2, 0) is 9.59 Å². The van der Waals surface area contributed by atoms with Crippen molar-refractivity contribution in [2.45, 2.75) is 33.6 Å². The van der Waals surface area contributed by atoms with E-state index in [0.29, 0.717) is 13.1 Å². The van der Waals surface area contributed by atoms with Crippen molar-refractivity contribution in [1.29, 1.82) is 0 Å². The molecule has 4 N–H and O–H groups in total. The summed E-state index contributed by atoms with van der Waals surface area (Å²) in [5, 5.41) is 11.5. The van der Waals surface area contributed by atoms with Crippen LogP contribution >= 0.6 is 0 Å². The topological polar surface area (TPSA) is 92.4 Å². The Morgan fingerprint density at radius 2 is 1.94 bits per heavy atom. The highest BCUT2D eigenvalue weighted by molar-refractivity contribution is 5.79. The van der Waals surface area contributed by atoms with Gasteiger partial charge in [0.25, 0.3) is 0 Å². The summed E-state index contributed by atoms with van der Waals surface area (Å²) < 4.78 is 0. The predicted molar refractivity (Wildman–Crippen MR) is 66.4 cm³/mol. The molecule has 0 saturated heterocycles. The normalized spacial score (nSPS) is 14.4. The molecule has 0 aliphatic carbocycles. The molecule has 0 aromatic heterocycles. The molecule has 0 aromatic rings. The molecule has 0 rings (SSSR count). The quantitative estimate of drug-likeness (QED) is 0.589. The molecular weight excluding hydrogens is 220 g/mol. The zero-order chi connectivity index (χ0) is 13.4. The van der Waals surface area contributed by atoms with E-state index in [0.717, 1.165) is 6.42 Å². The van der Waals surface area contributed by atoms with Gasteiger partial charge in [0, 0.05) is 19.5 Å². The van der Waals surface area contributed by atoms with Crippen molar-refractivity contribution in [2.24, 2.45) is 23.5 Å². The maximum atomic E-state index is 11.8. The minimum Gasteiger partial charge on any atom is -0.481 e. The Labute approximate surface area is 103 Å². The molecule has 0 aliphatic rings. The zero-order valence-electron chi connectivity index (χ0n) is 10.9. The van der Waals surface area contributed by atoms with Gasteiger partial charge in [-0.25, -0.2) is 0 Å². The summed E-state index contributed by atoms with van der Waals surface area (Å²) in [6, 6.07) is 0. The first kappa shape index (κ1) is 15.9. The van der Waals surface area contributed by atoms with Gasteiger partial charge in [-0.3, -0.25) is 9.59 Å². The second kappa shape index (κ2) is 8.06. The maximum Gasteiger partial charge on any atom is 0.303 e. The molecule has 0 aliphatic heterocycles. The van der Waals surface area contributed by atoms with Gasteiger partial charge >= 0.3 is 5.97 Å². The molecule has 0 spiro atoms. The SMILES string of the molecule is CCC(CNC(=O)C(CN)C(C)C)CC(=O)O. The Bertz CT molecular complexity index is 254. The lowest BCUT2D eigenvalue weighted by Crippen LogP contribution is -2.40. The smallest absolute Gasteiger partial charge is 0.303 e. The number of carbonyl (C=O) groups excluding carboxylic acids is 1. The fourth-order valence-electron chi connectivity index (χ4n) is 1.67. The third-order valence-electron chi connectivity index (χ3n) is 3.00. The molecule has 0 radical (unpaired) electrons. The molecule has 0 saturated carbocycles. The molecule has 0 heterocycles. The molecule has 5 nitrogen and oxygen atoms in total. The molecule has 0 aromatic carbocycles. The van der Waals surface area contributed by atoms with E-state index >= 15 is 0 Å². The largest absolute Gasteiger partial charge is 0.481 e. The average Bonchev–Trinajstić information content (AvgIpc) is 2.24. The summed E-state index contributed by atoms with van der Waals surface area (Å²) in [6.45, 7) is 6.55. The van der Waals surface area contributed by atoms with Crippen molar-refractivity contribution in [3.8, 4) is 0 Å². The van der Waals surface area contributed by atoms with Crippen LogP contribution in [0, 0.1) is 17.8 Å². The van der Waals surface area contributed by atoms with Gasteiger partial charge in [0.05, 0.1) is 5.92 Å². The Balaban J connectivity index is 4.15. The van der Waals surface area contributed by atoms with Crippen molar-refractivity contribution in [2.75, 3.05) is 13.1 Å². The van der Waals surface area contributed by atoms with Crippen LogP contribution in [0.2, 0.25) is 0 Å². The number of nitrogens with one attached hydrogen (secondary N) is 1. The zero-order valence-corrected chi connectivity index (χ0v) is 10.9. The van der Waals surface area contributed by atoms with Gasteiger partial charge in [-0.05, 0) is 11.8 Å². The number of hydrogen-bond acceptors (Lipinski definition) is 3. The number of carboxylic acid groups (broad SMARTS) is 1. The molecule has 0 fully saturated rings. The third kappa shape index (κ3) is 6.26. The monoisotopic (exact) mass is 244 g/mol. The number of nitrogens with two attached hydrogens (primary N) is 1. The van der Waals surface area contributed by atoms with Gasteiger partial charge in [0.2, 0.25) is 5.91 Å². The first-order chi connectivity index (χ1) is 7.92. The fourth-order valence-corrected chi connectivity index (χ4v) is 1.67. The molecule has 1 amide bonds. The van der Waals surface area contributed by atoms with E-state index in [1.165, 1.54) is 0 Å². The van der Waals surface area contributed by atoms with E-state index in [4.69, 9.17) is 10.8 Å². The molecule has 2 atom stereocenters. The van der Waals surface area contributed by atoms with E-state index in [-0.39, 0.29) is 30.1 Å². The summed E-state index contributed by atoms with van der Waals surface area (Å²) in [5.74, 6) is -0.921. The van der Waals surface area contributed by atoms with E-state index in [2.05, 4.69) is 5.32 Å². The minimum atomic E-state index is -0.828. The first-order valence-electron chi connectivity index (χ1n) is 6.11. The van der Waals surface area contributed by atoms with Gasteiger partial charge in [-0.2, -0.15) is 0 Å². The standard InChI is InChI=1S/C12H24N2O3/c1-4-9(5-11(15)16)7-14-12(17)10(6-13)8(2)3/h8-10H,4-7,13H2,1-3H3,(H,14,17)(H,15,16). The number of hydrogen-bond donors (Lipinski definition) is 3. The third-order valence-corrected chi connectivity index (χ3v) is 3.00. The Morgan fingerprint density at radius 1 is 1.35 bits per heavy atom. The Kier molecular flexibility index (Phi) is 7.54. The minimum absolute atomic E-state index is 0.0120. The fraction of sp³-hybridized carbons (Fsp3) is 0.833. The second-order valence-electron chi connectivity index (χ2n) is 4.70. The number of amides is 1. The van der Waals surface area contributed by atoms with Crippen molar-refractivity contribution in [3.63, 3.8) is 0 Å². The van der Waals surface area contributed by atoms with Crippen LogP contribution in [0.15, 0.2) is 0 Å². The van der Waals surface area contributed by atoms with Crippen molar-refractivity contribution in [3.05, 3.63) is 0 Å². The first-order valence-corrected chi connectivity index (χ1v) is 6.11. The van der Waals surface area contributed by atoms with E-state index in [1.54, 1.807) is 0 Å². The summed E-state index contributed by atoms with van der Waals surface area (Å²) >= 11 is 0. The number of carbonyl (C=O) groups is 2. The molecule has 0 bridgehead atoms. The summed E-state index contributed by atoms with van der Waals surface area (Å²) in [5.41, 5.74) is 5.54. The van der Waals surface area contributed by atoms with Gasteiger partial charge in [0.1, 0.15) is 0 Å². The van der Waals surface area contributed by atoms with Crippen LogP contribution in [0.1, 0.15) is 33.6 Å². The van der Waals surface area contributed by atoms with Crippen LogP contribution in [0.25, 0.3) is 0 Å². The summed E-state index contributed by atoms with van der Waals surface area (Å²) in [6.07, 6.45) is 0.827. The molecule has 100 valence electrons. The number of aliphatic carboxylic acids is 1. The van der Waals surface area contributed by atoms with Crippen LogP contribution in [0.5, 0.6) is 0 Å². The van der Waals surface area contributed by atoms with Crippen molar-refractivity contribution in [1.82, 2.24) is 5.32 Å². The lowest BCUT2D eigenvalue weighted by Gasteiger charge is -2.20. The molecule has 2 unspecified atom stereocenters. The van der Waals surface area contributed by atoms with Gasteiger partial charge in [-0.1, -0.05) is 27.2 Å². The summed E-state index contributed by atoms with van der Waals surface area (Å²) in [7, 11) is 0. The van der Waals surface area contributed by atoms with Crippen molar-refractivity contribution < 1.29 is 14.7 Å². The second-order valence-corrected chi connectivity index (χ2v) is 4.70. The highest BCUT2D eigenvalue weighted by Gasteiger charge is 2.21. The highest BCUT2D eigenvalue weighted by atomic mass is 16.4. The highest BCUT2D eigenvalue weighted by Crippen LogP contribution is 2.11. The van der Waals surface area contributed by atoms with Crippen molar-refractivity contribution >= 4 is 11.9 Å².